The summed E-state index contributed by atoms with van der Waals surface area (Å²) in [7, 11) is 0. The third-order valence-electron chi connectivity index (χ3n) is 2.80. The van der Waals surface area contributed by atoms with Gasteiger partial charge in [-0.2, -0.15) is 0 Å². The maximum absolute atomic E-state index is 11.4. The van der Waals surface area contributed by atoms with Crippen LogP contribution in [0.4, 0.5) is 0 Å². The van der Waals surface area contributed by atoms with Crippen molar-refractivity contribution in [1.29, 1.82) is 0 Å². The third-order valence-corrected chi connectivity index (χ3v) is 3.88. The second-order valence-electron chi connectivity index (χ2n) is 4.31. The molecule has 0 unspecified atom stereocenters. The van der Waals surface area contributed by atoms with Crippen LogP contribution in [0, 0.1) is 6.92 Å². The van der Waals surface area contributed by atoms with E-state index in [4.69, 9.17) is 9.15 Å². The minimum Gasteiger partial charge on any atom is -0.465 e. The number of ether oxygens (including phenoxy) is 1. The number of cyclic esters (lactones) is 1. The number of hydrogen-bond donors (Lipinski definition) is 0. The number of benzene rings is 1. The van der Waals surface area contributed by atoms with Crippen LogP contribution >= 0.6 is 11.8 Å². The summed E-state index contributed by atoms with van der Waals surface area (Å²) in [5.74, 6) is 0.262. The Morgan fingerprint density at radius 2 is 2.26 bits per heavy atom. The summed E-state index contributed by atoms with van der Waals surface area (Å²) >= 11 is 1.26. The van der Waals surface area contributed by atoms with Crippen LogP contribution in [0.1, 0.15) is 12.0 Å². The van der Waals surface area contributed by atoms with E-state index in [2.05, 4.69) is 10.2 Å². The smallest absolute Gasteiger partial charge is 0.319 e. The molecule has 1 atom stereocenters. The Hall–Kier alpha value is -1.82. The average Bonchev–Trinajstić information content (AvgIpc) is 3.00. The minimum atomic E-state index is -0.231. The normalized spacial score (nSPS) is 18.6. The summed E-state index contributed by atoms with van der Waals surface area (Å²) in [6, 6.07) is 7.84. The van der Waals surface area contributed by atoms with Crippen molar-refractivity contribution >= 4 is 17.7 Å². The molecule has 0 spiro atoms. The van der Waals surface area contributed by atoms with Crippen LogP contribution in [0.3, 0.4) is 0 Å². The lowest BCUT2D eigenvalue weighted by Gasteiger charge is -1.99. The maximum atomic E-state index is 11.4. The number of esters is 1. The molecule has 0 aliphatic carbocycles. The van der Waals surface area contributed by atoms with E-state index < -0.39 is 0 Å². The average molecular weight is 276 g/mol. The monoisotopic (exact) mass is 276 g/mol. The second-order valence-corrected chi connectivity index (χ2v) is 5.46. The standard InChI is InChI=1S/C13H12N2O3S/c1-8-3-2-4-9(7-8)11-14-15-13(18-11)19-10-5-6-17-12(10)16/h2-4,7,10H,5-6H2,1H3/t10-/m0/s1. The van der Waals surface area contributed by atoms with Crippen molar-refractivity contribution < 1.29 is 13.9 Å². The zero-order valence-electron chi connectivity index (χ0n) is 10.3. The Labute approximate surface area is 114 Å². The molecule has 0 radical (unpaired) electrons. The molecule has 1 aliphatic rings. The number of thioether (sulfide) groups is 1. The molecule has 1 aromatic heterocycles. The van der Waals surface area contributed by atoms with Crippen molar-refractivity contribution in [3.63, 3.8) is 0 Å². The lowest BCUT2D eigenvalue weighted by molar-refractivity contribution is -0.137. The molecule has 19 heavy (non-hydrogen) atoms. The van der Waals surface area contributed by atoms with E-state index in [9.17, 15) is 4.79 Å². The first kappa shape index (κ1) is 12.2. The first-order valence-corrected chi connectivity index (χ1v) is 6.84. The predicted molar refractivity (Wildman–Crippen MR) is 69.7 cm³/mol. The highest BCUT2D eigenvalue weighted by molar-refractivity contribution is 8.00. The van der Waals surface area contributed by atoms with Crippen molar-refractivity contribution in [1.82, 2.24) is 10.2 Å². The van der Waals surface area contributed by atoms with Gasteiger partial charge in [0.2, 0.25) is 5.89 Å². The van der Waals surface area contributed by atoms with Gasteiger partial charge in [0.1, 0.15) is 5.25 Å². The van der Waals surface area contributed by atoms with Gasteiger partial charge in [-0.1, -0.05) is 17.7 Å². The van der Waals surface area contributed by atoms with Crippen LogP contribution in [0.2, 0.25) is 0 Å². The van der Waals surface area contributed by atoms with Crippen molar-refractivity contribution in [2.45, 2.75) is 23.8 Å². The molecule has 98 valence electrons. The first-order valence-electron chi connectivity index (χ1n) is 5.96. The fraction of sp³-hybridized carbons (Fsp3) is 0.308. The SMILES string of the molecule is Cc1cccc(-c2nnc(S[C@H]3CCOC3=O)o2)c1. The number of rotatable bonds is 3. The van der Waals surface area contributed by atoms with Gasteiger partial charge in [-0.25, -0.2) is 0 Å². The van der Waals surface area contributed by atoms with Crippen LogP contribution in [0.5, 0.6) is 0 Å². The van der Waals surface area contributed by atoms with Crippen molar-refractivity contribution in [2.24, 2.45) is 0 Å². The fourth-order valence-corrected chi connectivity index (χ4v) is 2.69. The first-order chi connectivity index (χ1) is 9.22. The van der Waals surface area contributed by atoms with Gasteiger partial charge in [0.15, 0.2) is 0 Å². The number of nitrogens with zero attached hydrogens (tertiary/aromatic N) is 2. The van der Waals surface area contributed by atoms with Crippen LogP contribution in [0.25, 0.3) is 11.5 Å². The van der Waals surface area contributed by atoms with Crippen LogP contribution in [0.15, 0.2) is 33.9 Å². The number of hydrogen-bond acceptors (Lipinski definition) is 6. The van der Waals surface area contributed by atoms with E-state index in [0.717, 1.165) is 11.1 Å². The predicted octanol–water partition coefficient (Wildman–Crippen LogP) is 2.45. The number of carbonyl (C=O) groups excluding carboxylic acids is 1. The zero-order valence-corrected chi connectivity index (χ0v) is 11.1. The molecule has 1 fully saturated rings. The molecule has 5 nitrogen and oxygen atoms in total. The summed E-state index contributed by atoms with van der Waals surface area (Å²) in [6.07, 6.45) is 0.686. The topological polar surface area (TPSA) is 65.2 Å². The van der Waals surface area contributed by atoms with Gasteiger partial charge >= 0.3 is 5.97 Å². The van der Waals surface area contributed by atoms with E-state index in [1.165, 1.54) is 11.8 Å². The van der Waals surface area contributed by atoms with E-state index in [-0.39, 0.29) is 11.2 Å². The third kappa shape index (κ3) is 2.63. The number of aromatic nitrogens is 2. The van der Waals surface area contributed by atoms with Crippen LogP contribution in [-0.4, -0.2) is 28.0 Å². The molecular formula is C13H12N2O3S. The summed E-state index contributed by atoms with van der Waals surface area (Å²) < 4.78 is 10.5. The lowest BCUT2D eigenvalue weighted by atomic mass is 10.1. The zero-order chi connectivity index (χ0) is 13.2. The molecule has 2 heterocycles. The Balaban J connectivity index is 1.78. The van der Waals surface area contributed by atoms with Gasteiger partial charge < -0.3 is 9.15 Å². The van der Waals surface area contributed by atoms with Gasteiger partial charge in [0.05, 0.1) is 6.61 Å². The Bertz CT molecular complexity index is 611. The highest BCUT2D eigenvalue weighted by atomic mass is 32.2. The summed E-state index contributed by atoms with van der Waals surface area (Å²) in [6.45, 7) is 2.47. The van der Waals surface area contributed by atoms with E-state index in [1.54, 1.807) is 0 Å². The molecule has 3 rings (SSSR count). The Morgan fingerprint density at radius 1 is 1.37 bits per heavy atom. The number of aryl methyl sites for hydroxylation is 1. The summed E-state index contributed by atoms with van der Waals surface area (Å²) in [5, 5.41) is 8.14. The van der Waals surface area contributed by atoms with Gasteiger partial charge in [-0.3, -0.25) is 4.79 Å². The number of carbonyl (C=O) groups is 1. The van der Waals surface area contributed by atoms with E-state index in [1.807, 2.05) is 31.2 Å². The van der Waals surface area contributed by atoms with E-state index in [0.29, 0.717) is 24.1 Å². The lowest BCUT2D eigenvalue weighted by Crippen LogP contribution is -2.09. The minimum absolute atomic E-state index is 0.208. The molecule has 1 saturated heterocycles. The van der Waals surface area contributed by atoms with Crippen LogP contribution < -0.4 is 0 Å². The van der Waals surface area contributed by atoms with Gasteiger partial charge in [-0.05, 0) is 30.8 Å². The molecule has 0 bridgehead atoms. The second kappa shape index (κ2) is 5.05. The molecule has 6 heteroatoms. The molecular weight excluding hydrogens is 264 g/mol. The summed E-state index contributed by atoms with van der Waals surface area (Å²) in [5.41, 5.74) is 2.01. The fourth-order valence-electron chi connectivity index (χ4n) is 1.86. The molecule has 0 N–H and O–H groups in total. The molecule has 1 aromatic carbocycles. The molecule has 0 saturated carbocycles. The Kier molecular flexibility index (Phi) is 3.25. The highest BCUT2D eigenvalue weighted by Gasteiger charge is 2.29. The van der Waals surface area contributed by atoms with Gasteiger partial charge in [-0.15, -0.1) is 10.2 Å². The van der Waals surface area contributed by atoms with Crippen molar-refractivity contribution in [2.75, 3.05) is 6.61 Å². The molecule has 2 aromatic rings. The van der Waals surface area contributed by atoms with Crippen molar-refractivity contribution in [3.05, 3.63) is 29.8 Å². The quantitative estimate of drug-likeness (QED) is 0.802. The summed E-state index contributed by atoms with van der Waals surface area (Å²) in [4.78, 5) is 11.4. The molecule has 0 amide bonds. The van der Waals surface area contributed by atoms with Gasteiger partial charge in [0, 0.05) is 12.0 Å². The van der Waals surface area contributed by atoms with Gasteiger partial charge in [0.25, 0.3) is 5.22 Å². The highest BCUT2D eigenvalue weighted by Crippen LogP contribution is 2.30. The Morgan fingerprint density at radius 3 is 3.00 bits per heavy atom. The molecule has 1 aliphatic heterocycles. The van der Waals surface area contributed by atoms with Crippen molar-refractivity contribution in [3.8, 4) is 11.5 Å². The van der Waals surface area contributed by atoms with Crippen LogP contribution in [-0.2, 0) is 9.53 Å². The largest absolute Gasteiger partial charge is 0.465 e. The maximum Gasteiger partial charge on any atom is 0.319 e. The van der Waals surface area contributed by atoms with E-state index >= 15 is 0 Å².